The van der Waals surface area contributed by atoms with Crippen LogP contribution >= 0.6 is 0 Å². The van der Waals surface area contributed by atoms with E-state index in [0.717, 1.165) is 12.3 Å². The molecule has 0 saturated carbocycles. The Morgan fingerprint density at radius 2 is 2.00 bits per heavy atom. The molecular formula is C12H12F2N4O2S. The lowest BCUT2D eigenvalue weighted by molar-refractivity contribution is 0.562. The van der Waals surface area contributed by atoms with Crippen molar-refractivity contribution in [1.29, 1.82) is 0 Å². The van der Waals surface area contributed by atoms with Gasteiger partial charge >= 0.3 is 0 Å². The van der Waals surface area contributed by atoms with Crippen molar-refractivity contribution in [3.63, 3.8) is 0 Å². The van der Waals surface area contributed by atoms with Gasteiger partial charge in [-0.2, -0.15) is 0 Å². The first-order valence-electron chi connectivity index (χ1n) is 5.78. The number of benzene rings is 1. The number of aromatic nitrogens is 1. The average Bonchev–Trinajstić information content (AvgIpc) is 2.46. The van der Waals surface area contributed by atoms with Crippen LogP contribution in [0.4, 0.5) is 14.5 Å². The summed E-state index contributed by atoms with van der Waals surface area (Å²) < 4.78 is 52.7. The minimum Gasteiger partial charge on any atom is -0.323 e. The molecule has 4 N–H and O–H groups in total. The quantitative estimate of drug-likeness (QED) is 0.568. The monoisotopic (exact) mass is 314 g/mol. The molecule has 0 radical (unpaired) electrons. The normalized spacial score (nSPS) is 11.4. The van der Waals surface area contributed by atoms with E-state index >= 15 is 0 Å². The lowest BCUT2D eigenvalue weighted by atomic mass is 10.2. The van der Waals surface area contributed by atoms with Crippen LogP contribution in [0.15, 0.2) is 41.6 Å². The molecule has 0 amide bonds. The molecule has 112 valence electrons. The molecule has 0 bridgehead atoms. The molecular weight excluding hydrogens is 302 g/mol. The summed E-state index contributed by atoms with van der Waals surface area (Å²) >= 11 is 0. The van der Waals surface area contributed by atoms with E-state index in [2.05, 4.69) is 15.1 Å². The Morgan fingerprint density at radius 3 is 2.67 bits per heavy atom. The Balaban J connectivity index is 2.22. The molecule has 2 rings (SSSR count). The van der Waals surface area contributed by atoms with Crippen LogP contribution in [0.1, 0.15) is 5.56 Å². The van der Waals surface area contributed by atoms with Gasteiger partial charge in [0.15, 0.2) is 0 Å². The lowest BCUT2D eigenvalue weighted by Crippen LogP contribution is -2.25. The molecule has 1 heterocycles. The summed E-state index contributed by atoms with van der Waals surface area (Å²) in [4.78, 5) is 3.53. The van der Waals surface area contributed by atoms with E-state index in [9.17, 15) is 17.2 Å². The summed E-state index contributed by atoms with van der Waals surface area (Å²) in [5, 5.41) is 0. The predicted molar refractivity (Wildman–Crippen MR) is 72.4 cm³/mol. The topological polar surface area (TPSA) is 97.1 Å². The number of hydrogen-bond donors (Lipinski definition) is 3. The van der Waals surface area contributed by atoms with E-state index in [1.807, 2.05) is 0 Å². The van der Waals surface area contributed by atoms with E-state index in [0.29, 0.717) is 6.07 Å². The molecule has 0 aliphatic rings. The lowest BCUT2D eigenvalue weighted by Gasteiger charge is -2.10. The maximum atomic E-state index is 13.5. The highest BCUT2D eigenvalue weighted by Gasteiger charge is 2.19. The SMILES string of the molecule is NNc1ccncc1S(=O)(=O)NCc1ccc(F)cc1F. The number of halogens is 2. The van der Waals surface area contributed by atoms with Crippen LogP contribution in [0.5, 0.6) is 0 Å². The van der Waals surface area contributed by atoms with Gasteiger partial charge in [0.1, 0.15) is 16.5 Å². The van der Waals surface area contributed by atoms with E-state index in [1.165, 1.54) is 18.3 Å². The highest BCUT2D eigenvalue weighted by molar-refractivity contribution is 7.89. The number of sulfonamides is 1. The zero-order chi connectivity index (χ0) is 15.5. The molecule has 21 heavy (non-hydrogen) atoms. The second-order valence-electron chi connectivity index (χ2n) is 4.08. The molecule has 0 fully saturated rings. The smallest absolute Gasteiger partial charge is 0.244 e. The standard InChI is InChI=1S/C12H12F2N4O2S/c13-9-2-1-8(10(14)5-9)6-17-21(19,20)12-7-16-4-3-11(12)18-15/h1-5,7,17H,6,15H2,(H,16,18). The average molecular weight is 314 g/mol. The number of nitrogens with two attached hydrogens (primary N) is 1. The summed E-state index contributed by atoms with van der Waals surface area (Å²) in [6, 6.07) is 4.27. The fourth-order valence-corrected chi connectivity index (χ4v) is 2.75. The van der Waals surface area contributed by atoms with E-state index in [4.69, 9.17) is 5.84 Å². The molecule has 0 atom stereocenters. The molecule has 0 aliphatic heterocycles. The Morgan fingerprint density at radius 1 is 1.24 bits per heavy atom. The highest BCUT2D eigenvalue weighted by atomic mass is 32.2. The van der Waals surface area contributed by atoms with E-state index in [-0.39, 0.29) is 22.7 Å². The van der Waals surface area contributed by atoms with Gasteiger partial charge in [-0.15, -0.1) is 0 Å². The van der Waals surface area contributed by atoms with Crippen molar-refractivity contribution in [2.45, 2.75) is 11.4 Å². The second kappa shape index (κ2) is 6.12. The minimum atomic E-state index is -3.94. The molecule has 0 aliphatic carbocycles. The van der Waals surface area contributed by atoms with Gasteiger partial charge in [0.2, 0.25) is 10.0 Å². The van der Waals surface area contributed by atoms with Crippen LogP contribution in [0.2, 0.25) is 0 Å². The molecule has 0 saturated heterocycles. The molecule has 1 aromatic carbocycles. The fourth-order valence-electron chi connectivity index (χ4n) is 1.63. The fraction of sp³-hybridized carbons (Fsp3) is 0.0833. The van der Waals surface area contributed by atoms with Crippen LogP contribution in [0, 0.1) is 11.6 Å². The van der Waals surface area contributed by atoms with Crippen LogP contribution in [-0.4, -0.2) is 13.4 Å². The first-order chi connectivity index (χ1) is 9.94. The summed E-state index contributed by atoms with van der Waals surface area (Å²) in [5.41, 5.74) is 2.41. The number of pyridine rings is 1. The third kappa shape index (κ3) is 3.51. The van der Waals surface area contributed by atoms with Crippen molar-refractivity contribution in [2.75, 3.05) is 5.43 Å². The molecule has 1 aromatic heterocycles. The third-order valence-electron chi connectivity index (χ3n) is 2.70. The van der Waals surface area contributed by atoms with Crippen molar-refractivity contribution >= 4 is 15.7 Å². The third-order valence-corrected chi connectivity index (χ3v) is 4.13. The van der Waals surface area contributed by atoms with Crippen LogP contribution in [-0.2, 0) is 16.6 Å². The second-order valence-corrected chi connectivity index (χ2v) is 5.81. The van der Waals surface area contributed by atoms with Crippen molar-refractivity contribution in [2.24, 2.45) is 5.84 Å². The van der Waals surface area contributed by atoms with Crippen molar-refractivity contribution in [1.82, 2.24) is 9.71 Å². The van der Waals surface area contributed by atoms with Crippen molar-refractivity contribution < 1.29 is 17.2 Å². The van der Waals surface area contributed by atoms with Gasteiger partial charge in [0.05, 0.1) is 5.69 Å². The van der Waals surface area contributed by atoms with Crippen LogP contribution in [0.3, 0.4) is 0 Å². The Bertz CT molecular complexity index is 753. The Hall–Kier alpha value is -2.10. The minimum absolute atomic E-state index is 0.0196. The number of rotatable bonds is 5. The molecule has 6 nitrogen and oxygen atoms in total. The molecule has 9 heteroatoms. The largest absolute Gasteiger partial charge is 0.323 e. The van der Waals surface area contributed by atoms with Crippen molar-refractivity contribution in [3.8, 4) is 0 Å². The van der Waals surface area contributed by atoms with Gasteiger partial charge in [-0.1, -0.05) is 6.07 Å². The molecule has 2 aromatic rings. The number of nitrogens with one attached hydrogen (secondary N) is 2. The van der Waals surface area contributed by atoms with Gasteiger partial charge in [0.25, 0.3) is 0 Å². The summed E-state index contributed by atoms with van der Waals surface area (Å²) in [6.45, 7) is -0.326. The zero-order valence-corrected chi connectivity index (χ0v) is 11.5. The maximum Gasteiger partial charge on any atom is 0.244 e. The van der Waals surface area contributed by atoms with E-state index < -0.39 is 21.7 Å². The zero-order valence-electron chi connectivity index (χ0n) is 10.7. The number of anilines is 1. The maximum absolute atomic E-state index is 13.5. The van der Waals surface area contributed by atoms with Gasteiger partial charge in [-0.3, -0.25) is 10.8 Å². The first kappa shape index (κ1) is 15.3. The predicted octanol–water partition coefficient (Wildman–Crippen LogP) is 1.12. The van der Waals surface area contributed by atoms with Gasteiger partial charge in [-0.25, -0.2) is 21.9 Å². The number of nitrogen functional groups attached to an aromatic ring is 1. The first-order valence-corrected chi connectivity index (χ1v) is 7.26. The number of hydrogen-bond acceptors (Lipinski definition) is 5. The Kier molecular flexibility index (Phi) is 4.46. The van der Waals surface area contributed by atoms with Gasteiger partial charge < -0.3 is 5.43 Å². The van der Waals surface area contributed by atoms with Crippen LogP contribution in [0.25, 0.3) is 0 Å². The van der Waals surface area contributed by atoms with Gasteiger partial charge in [0, 0.05) is 30.6 Å². The number of hydrazine groups is 1. The summed E-state index contributed by atoms with van der Waals surface area (Å²) in [7, 11) is -3.94. The molecule has 0 spiro atoms. The summed E-state index contributed by atoms with van der Waals surface area (Å²) in [5.74, 6) is 3.66. The summed E-state index contributed by atoms with van der Waals surface area (Å²) in [6.07, 6.45) is 2.48. The highest BCUT2D eigenvalue weighted by Crippen LogP contribution is 2.18. The molecule has 0 unspecified atom stereocenters. The number of nitrogens with zero attached hydrogens (tertiary/aromatic N) is 1. The van der Waals surface area contributed by atoms with E-state index in [1.54, 1.807) is 0 Å². The Labute approximate surface area is 120 Å². The van der Waals surface area contributed by atoms with Crippen molar-refractivity contribution in [3.05, 3.63) is 53.9 Å². The van der Waals surface area contributed by atoms with Crippen LogP contribution < -0.4 is 16.0 Å². The van der Waals surface area contributed by atoms with Gasteiger partial charge in [-0.05, 0) is 12.1 Å².